The number of nitrogen functional groups attached to an aromatic ring is 1. The highest BCUT2D eigenvalue weighted by molar-refractivity contribution is 5.67. The Labute approximate surface area is 107 Å². The Bertz CT molecular complexity index is 532. The van der Waals surface area contributed by atoms with E-state index in [1.54, 1.807) is 12.1 Å². The second-order valence-electron chi connectivity index (χ2n) is 4.52. The number of hydrogen-bond donors (Lipinski definition) is 1. The Balaban J connectivity index is 2.25. The van der Waals surface area contributed by atoms with Crippen molar-refractivity contribution in [2.24, 2.45) is 0 Å². The molecular formula is C15H17FN2. The number of benzene rings is 2. The molecule has 0 saturated heterocycles. The van der Waals surface area contributed by atoms with Crippen molar-refractivity contribution >= 4 is 11.4 Å². The molecule has 2 N–H and O–H groups in total. The van der Waals surface area contributed by atoms with Crippen molar-refractivity contribution in [2.75, 3.05) is 17.7 Å². The van der Waals surface area contributed by atoms with E-state index < -0.39 is 0 Å². The second-order valence-corrected chi connectivity index (χ2v) is 4.52. The van der Waals surface area contributed by atoms with Crippen LogP contribution in [0, 0.1) is 12.7 Å². The average molecular weight is 244 g/mol. The van der Waals surface area contributed by atoms with Crippen molar-refractivity contribution in [2.45, 2.75) is 13.5 Å². The highest BCUT2D eigenvalue weighted by Crippen LogP contribution is 2.26. The van der Waals surface area contributed by atoms with E-state index in [-0.39, 0.29) is 5.82 Å². The first-order valence-corrected chi connectivity index (χ1v) is 5.88. The summed E-state index contributed by atoms with van der Waals surface area (Å²) in [6, 6.07) is 12.9. The van der Waals surface area contributed by atoms with Crippen molar-refractivity contribution in [1.82, 2.24) is 0 Å². The maximum absolute atomic E-state index is 13.8. The topological polar surface area (TPSA) is 29.3 Å². The van der Waals surface area contributed by atoms with Gasteiger partial charge in [0.2, 0.25) is 0 Å². The minimum absolute atomic E-state index is 0.287. The van der Waals surface area contributed by atoms with Gasteiger partial charge in [0.1, 0.15) is 5.82 Å². The number of hydrogen-bond acceptors (Lipinski definition) is 2. The van der Waals surface area contributed by atoms with Gasteiger partial charge in [0.15, 0.2) is 0 Å². The van der Waals surface area contributed by atoms with Crippen LogP contribution in [0.15, 0.2) is 42.5 Å². The van der Waals surface area contributed by atoms with Crippen LogP contribution in [0.3, 0.4) is 0 Å². The zero-order valence-corrected chi connectivity index (χ0v) is 10.7. The standard InChI is InChI=1S/C15H17FN2/c1-11-5-3-6-12(9-11)10-18(2)15-13(16)7-4-8-14(15)17/h3-9H,10,17H2,1-2H3. The Morgan fingerprint density at radius 3 is 2.56 bits per heavy atom. The molecular weight excluding hydrogens is 227 g/mol. The lowest BCUT2D eigenvalue weighted by atomic mass is 10.1. The summed E-state index contributed by atoms with van der Waals surface area (Å²) in [7, 11) is 1.84. The first kappa shape index (κ1) is 12.4. The molecule has 0 radical (unpaired) electrons. The number of halogens is 1. The summed E-state index contributed by atoms with van der Waals surface area (Å²) in [5, 5.41) is 0. The lowest BCUT2D eigenvalue weighted by molar-refractivity contribution is 0.623. The normalized spacial score (nSPS) is 10.4. The first-order valence-electron chi connectivity index (χ1n) is 5.88. The quantitative estimate of drug-likeness (QED) is 0.839. The van der Waals surface area contributed by atoms with Crippen LogP contribution in [0.4, 0.5) is 15.8 Å². The van der Waals surface area contributed by atoms with Gasteiger partial charge in [0, 0.05) is 13.6 Å². The third-order valence-electron chi connectivity index (χ3n) is 2.90. The van der Waals surface area contributed by atoms with Crippen LogP contribution >= 0.6 is 0 Å². The van der Waals surface area contributed by atoms with Crippen molar-refractivity contribution in [1.29, 1.82) is 0 Å². The Morgan fingerprint density at radius 2 is 1.89 bits per heavy atom. The van der Waals surface area contributed by atoms with Crippen molar-refractivity contribution < 1.29 is 4.39 Å². The Morgan fingerprint density at radius 1 is 1.17 bits per heavy atom. The predicted octanol–water partition coefficient (Wildman–Crippen LogP) is 3.35. The fourth-order valence-electron chi connectivity index (χ4n) is 2.10. The maximum Gasteiger partial charge on any atom is 0.148 e. The van der Waals surface area contributed by atoms with Crippen LogP contribution in [-0.2, 0) is 6.54 Å². The summed E-state index contributed by atoms with van der Waals surface area (Å²) in [4.78, 5) is 1.83. The van der Waals surface area contributed by atoms with Gasteiger partial charge in [0.05, 0.1) is 11.4 Å². The molecule has 0 bridgehead atoms. The molecule has 2 aromatic rings. The summed E-state index contributed by atoms with van der Waals surface area (Å²) in [6.07, 6.45) is 0. The largest absolute Gasteiger partial charge is 0.397 e. The molecule has 2 nitrogen and oxygen atoms in total. The zero-order valence-electron chi connectivity index (χ0n) is 10.7. The SMILES string of the molecule is Cc1cccc(CN(C)c2c(N)cccc2F)c1. The number of nitrogens with two attached hydrogens (primary N) is 1. The van der Waals surface area contributed by atoms with Crippen LogP contribution in [0.25, 0.3) is 0 Å². The molecule has 0 aliphatic heterocycles. The van der Waals surface area contributed by atoms with E-state index in [0.717, 1.165) is 5.56 Å². The Hall–Kier alpha value is -2.03. The molecule has 0 fully saturated rings. The molecule has 2 aromatic carbocycles. The summed E-state index contributed by atoms with van der Waals surface area (Å²) < 4.78 is 13.8. The van der Waals surface area contributed by atoms with Crippen LogP contribution in [-0.4, -0.2) is 7.05 Å². The minimum atomic E-state index is -0.287. The number of anilines is 2. The summed E-state index contributed by atoms with van der Waals surface area (Å²) >= 11 is 0. The maximum atomic E-state index is 13.8. The molecule has 0 heterocycles. The predicted molar refractivity (Wildman–Crippen MR) is 74.1 cm³/mol. The smallest absolute Gasteiger partial charge is 0.148 e. The van der Waals surface area contributed by atoms with Crippen molar-refractivity contribution in [3.05, 3.63) is 59.4 Å². The lowest BCUT2D eigenvalue weighted by Gasteiger charge is -2.21. The molecule has 18 heavy (non-hydrogen) atoms. The molecule has 0 unspecified atom stereocenters. The molecule has 94 valence electrons. The molecule has 2 rings (SSSR count). The number of aryl methyl sites for hydroxylation is 1. The highest BCUT2D eigenvalue weighted by atomic mass is 19.1. The van der Waals surface area contributed by atoms with E-state index in [1.807, 2.05) is 37.1 Å². The summed E-state index contributed by atoms with van der Waals surface area (Å²) in [6.45, 7) is 2.67. The fourth-order valence-corrected chi connectivity index (χ4v) is 2.10. The van der Waals surface area contributed by atoms with E-state index in [9.17, 15) is 4.39 Å². The van der Waals surface area contributed by atoms with Crippen LogP contribution < -0.4 is 10.6 Å². The van der Waals surface area contributed by atoms with E-state index >= 15 is 0 Å². The van der Waals surface area contributed by atoms with Crippen LogP contribution in [0.5, 0.6) is 0 Å². The molecule has 0 atom stereocenters. The van der Waals surface area contributed by atoms with Crippen LogP contribution in [0.1, 0.15) is 11.1 Å². The summed E-state index contributed by atoms with van der Waals surface area (Å²) in [5.74, 6) is -0.287. The molecule has 0 aliphatic rings. The van der Waals surface area contributed by atoms with Gasteiger partial charge in [-0.2, -0.15) is 0 Å². The lowest BCUT2D eigenvalue weighted by Crippen LogP contribution is -2.19. The number of nitrogens with zero attached hydrogens (tertiary/aromatic N) is 1. The molecule has 0 aliphatic carbocycles. The minimum Gasteiger partial charge on any atom is -0.397 e. The van der Waals surface area contributed by atoms with Gasteiger partial charge in [-0.05, 0) is 24.6 Å². The highest BCUT2D eigenvalue weighted by Gasteiger charge is 2.11. The van der Waals surface area contributed by atoms with Crippen LogP contribution in [0.2, 0.25) is 0 Å². The van der Waals surface area contributed by atoms with Crippen molar-refractivity contribution in [3.63, 3.8) is 0 Å². The summed E-state index contributed by atoms with van der Waals surface area (Å²) in [5.41, 5.74) is 9.08. The van der Waals surface area contributed by atoms with Gasteiger partial charge in [0.25, 0.3) is 0 Å². The molecule has 0 spiro atoms. The van der Waals surface area contributed by atoms with Gasteiger partial charge in [-0.3, -0.25) is 0 Å². The third-order valence-corrected chi connectivity index (χ3v) is 2.90. The molecule has 0 saturated carbocycles. The second kappa shape index (κ2) is 5.08. The zero-order chi connectivity index (χ0) is 13.1. The monoisotopic (exact) mass is 244 g/mol. The first-order chi connectivity index (χ1) is 8.58. The number of rotatable bonds is 3. The fraction of sp³-hybridized carbons (Fsp3) is 0.200. The van der Waals surface area contributed by atoms with Gasteiger partial charge >= 0.3 is 0 Å². The van der Waals surface area contributed by atoms with E-state index in [0.29, 0.717) is 17.9 Å². The molecule has 0 amide bonds. The van der Waals surface area contributed by atoms with Gasteiger partial charge < -0.3 is 10.6 Å². The van der Waals surface area contributed by atoms with E-state index in [1.165, 1.54) is 11.6 Å². The van der Waals surface area contributed by atoms with E-state index in [4.69, 9.17) is 5.73 Å². The van der Waals surface area contributed by atoms with Gasteiger partial charge in [-0.25, -0.2) is 4.39 Å². The average Bonchev–Trinajstić information content (AvgIpc) is 2.28. The third kappa shape index (κ3) is 2.62. The molecule has 0 aromatic heterocycles. The van der Waals surface area contributed by atoms with Gasteiger partial charge in [-0.15, -0.1) is 0 Å². The van der Waals surface area contributed by atoms with E-state index in [2.05, 4.69) is 6.07 Å². The van der Waals surface area contributed by atoms with Gasteiger partial charge in [-0.1, -0.05) is 35.9 Å². The Kier molecular flexibility index (Phi) is 3.51. The molecule has 3 heteroatoms. The van der Waals surface area contributed by atoms with Crippen molar-refractivity contribution in [3.8, 4) is 0 Å². The number of para-hydroxylation sites is 1.